The van der Waals surface area contributed by atoms with Gasteiger partial charge in [0.2, 0.25) is 5.91 Å². The largest absolute Gasteiger partial charge is 0.362 e. The van der Waals surface area contributed by atoms with E-state index in [0.29, 0.717) is 4.31 Å². The van der Waals surface area contributed by atoms with Crippen molar-refractivity contribution in [3.05, 3.63) is 0 Å². The van der Waals surface area contributed by atoms with E-state index in [2.05, 4.69) is 5.32 Å². The van der Waals surface area contributed by atoms with Gasteiger partial charge < -0.3 is 5.32 Å². The maximum Gasteiger partial charge on any atom is 0.362 e. The van der Waals surface area contributed by atoms with Crippen LogP contribution in [-0.4, -0.2) is 41.2 Å². The van der Waals surface area contributed by atoms with E-state index in [1.807, 2.05) is 0 Å². The molecule has 0 aromatic carbocycles. The van der Waals surface area contributed by atoms with Crippen molar-refractivity contribution in [3.63, 3.8) is 0 Å². The Labute approximate surface area is 81.0 Å². The van der Waals surface area contributed by atoms with E-state index in [-0.39, 0.29) is 0 Å². The summed E-state index contributed by atoms with van der Waals surface area (Å²) in [4.78, 5) is 21.7. The summed E-state index contributed by atoms with van der Waals surface area (Å²) in [5.74, 6) is -1.25. The van der Waals surface area contributed by atoms with Crippen LogP contribution in [0.4, 0.5) is 0 Å². The first kappa shape index (κ1) is 10.9. The van der Waals surface area contributed by atoms with Crippen molar-refractivity contribution < 1.29 is 22.6 Å². The summed E-state index contributed by atoms with van der Waals surface area (Å²) in [6.07, 6.45) is 0. The first-order valence-electron chi connectivity index (χ1n) is 3.83. The molecule has 14 heavy (non-hydrogen) atoms. The third-order valence-corrected chi connectivity index (χ3v) is 2.95. The van der Waals surface area contributed by atoms with Gasteiger partial charge in [0.05, 0.1) is 6.04 Å². The molecule has 8 heteroatoms. The third-order valence-electron chi connectivity index (χ3n) is 1.94. The Morgan fingerprint density at radius 1 is 1.57 bits per heavy atom. The van der Waals surface area contributed by atoms with E-state index in [1.54, 1.807) is 0 Å². The summed E-state index contributed by atoms with van der Waals surface area (Å²) < 4.78 is 30.1. The van der Waals surface area contributed by atoms with Crippen molar-refractivity contribution in [2.45, 2.75) is 25.9 Å². The van der Waals surface area contributed by atoms with Crippen LogP contribution in [-0.2, 0) is 19.9 Å². The quantitative estimate of drug-likeness (QED) is 0.438. The van der Waals surface area contributed by atoms with Gasteiger partial charge in [0, 0.05) is 6.92 Å². The van der Waals surface area contributed by atoms with E-state index in [4.69, 9.17) is 4.55 Å². The highest BCUT2D eigenvalue weighted by atomic mass is 32.2. The minimum Gasteiger partial charge on any atom is -0.343 e. The van der Waals surface area contributed by atoms with Crippen LogP contribution in [0.1, 0.15) is 13.8 Å². The van der Waals surface area contributed by atoms with Crippen LogP contribution in [0, 0.1) is 0 Å². The van der Waals surface area contributed by atoms with Gasteiger partial charge in [-0.2, -0.15) is 8.42 Å². The van der Waals surface area contributed by atoms with E-state index in [0.717, 1.165) is 0 Å². The zero-order valence-electron chi connectivity index (χ0n) is 7.59. The SMILES string of the molecule is CC(=O)NC1C(=O)N(S(=O)(=O)O)C1C. The topological polar surface area (TPSA) is 104 Å². The third kappa shape index (κ3) is 1.70. The molecule has 1 aliphatic heterocycles. The van der Waals surface area contributed by atoms with Crippen molar-refractivity contribution in [2.75, 3.05) is 0 Å². The fraction of sp³-hybridized carbons (Fsp3) is 0.667. The maximum atomic E-state index is 11.1. The zero-order valence-corrected chi connectivity index (χ0v) is 8.41. The second kappa shape index (κ2) is 3.21. The van der Waals surface area contributed by atoms with Crippen LogP contribution in [0.5, 0.6) is 0 Å². The Kier molecular flexibility index (Phi) is 2.50. The highest BCUT2D eigenvalue weighted by molar-refractivity contribution is 7.84. The van der Waals surface area contributed by atoms with Crippen molar-refractivity contribution in [3.8, 4) is 0 Å². The number of β-lactam (4-membered cyclic amide) rings is 1. The molecule has 2 amide bonds. The Morgan fingerprint density at radius 2 is 2.07 bits per heavy atom. The fourth-order valence-corrected chi connectivity index (χ4v) is 2.21. The van der Waals surface area contributed by atoms with Gasteiger partial charge in [-0.15, -0.1) is 0 Å². The molecule has 1 aliphatic rings. The minimum atomic E-state index is -4.50. The highest BCUT2D eigenvalue weighted by Gasteiger charge is 2.50. The van der Waals surface area contributed by atoms with Crippen LogP contribution in [0.15, 0.2) is 0 Å². The molecule has 1 fully saturated rings. The van der Waals surface area contributed by atoms with E-state index < -0.39 is 34.2 Å². The van der Waals surface area contributed by atoms with Gasteiger partial charge in [-0.05, 0) is 6.92 Å². The molecule has 2 atom stereocenters. The van der Waals surface area contributed by atoms with Crippen molar-refractivity contribution >= 4 is 22.1 Å². The average molecular weight is 222 g/mol. The molecule has 2 N–H and O–H groups in total. The molecule has 1 rings (SSSR count). The van der Waals surface area contributed by atoms with Gasteiger partial charge >= 0.3 is 10.3 Å². The molecule has 80 valence electrons. The normalized spacial score (nSPS) is 27.1. The smallest absolute Gasteiger partial charge is 0.343 e. The summed E-state index contributed by atoms with van der Waals surface area (Å²) in [6, 6.07) is -1.61. The molecule has 0 radical (unpaired) electrons. The summed E-state index contributed by atoms with van der Waals surface area (Å²) in [6.45, 7) is 2.63. The second-order valence-corrected chi connectivity index (χ2v) is 4.32. The molecule has 0 aliphatic carbocycles. The summed E-state index contributed by atoms with van der Waals surface area (Å²) in [5.41, 5.74) is 0. The molecule has 0 spiro atoms. The fourth-order valence-electron chi connectivity index (χ4n) is 1.32. The summed E-state index contributed by atoms with van der Waals surface area (Å²) in [5, 5.41) is 2.28. The van der Waals surface area contributed by atoms with Gasteiger partial charge in [-0.1, -0.05) is 0 Å². The molecule has 2 unspecified atom stereocenters. The lowest BCUT2D eigenvalue weighted by molar-refractivity contribution is -0.144. The predicted molar refractivity (Wildman–Crippen MR) is 45.5 cm³/mol. The monoisotopic (exact) mass is 222 g/mol. The number of rotatable bonds is 2. The Morgan fingerprint density at radius 3 is 2.36 bits per heavy atom. The van der Waals surface area contributed by atoms with Crippen LogP contribution < -0.4 is 5.32 Å². The molecular weight excluding hydrogens is 212 g/mol. The Bertz CT molecular complexity index is 376. The molecule has 0 saturated carbocycles. The van der Waals surface area contributed by atoms with Crippen LogP contribution in [0.25, 0.3) is 0 Å². The van der Waals surface area contributed by atoms with Gasteiger partial charge in [0.25, 0.3) is 5.91 Å². The average Bonchev–Trinajstić information content (AvgIpc) is 1.98. The first-order chi connectivity index (χ1) is 6.25. The standard InChI is InChI=1S/C6H10N2O5S/c1-3-5(7-4(2)9)6(10)8(3)14(11,12)13/h3,5H,1-2H3,(H,7,9)(H,11,12,13). The lowest BCUT2D eigenvalue weighted by Crippen LogP contribution is -2.70. The molecule has 0 bridgehead atoms. The van der Waals surface area contributed by atoms with Crippen LogP contribution in [0.2, 0.25) is 0 Å². The molecule has 1 heterocycles. The summed E-state index contributed by atoms with van der Waals surface area (Å²) in [7, 11) is -4.50. The summed E-state index contributed by atoms with van der Waals surface area (Å²) >= 11 is 0. The molecule has 7 nitrogen and oxygen atoms in total. The van der Waals surface area contributed by atoms with Crippen molar-refractivity contribution in [1.29, 1.82) is 0 Å². The maximum absolute atomic E-state index is 11.1. The number of nitrogens with one attached hydrogen (secondary N) is 1. The van der Waals surface area contributed by atoms with E-state index in [1.165, 1.54) is 13.8 Å². The number of carbonyl (C=O) groups excluding carboxylic acids is 2. The van der Waals surface area contributed by atoms with Gasteiger partial charge in [-0.3, -0.25) is 14.1 Å². The van der Waals surface area contributed by atoms with E-state index in [9.17, 15) is 18.0 Å². The van der Waals surface area contributed by atoms with Crippen LogP contribution in [0.3, 0.4) is 0 Å². The van der Waals surface area contributed by atoms with E-state index >= 15 is 0 Å². The molecule has 0 aromatic rings. The highest BCUT2D eigenvalue weighted by Crippen LogP contribution is 2.22. The van der Waals surface area contributed by atoms with Crippen molar-refractivity contribution in [2.24, 2.45) is 0 Å². The Balaban J connectivity index is 2.76. The van der Waals surface area contributed by atoms with Crippen LogP contribution >= 0.6 is 0 Å². The number of hydrogen-bond acceptors (Lipinski definition) is 4. The number of amides is 2. The number of hydrogen-bond donors (Lipinski definition) is 2. The molecular formula is C6H10N2O5S. The predicted octanol–water partition coefficient (Wildman–Crippen LogP) is -1.48. The zero-order chi connectivity index (χ0) is 11.1. The van der Waals surface area contributed by atoms with Crippen molar-refractivity contribution in [1.82, 2.24) is 9.62 Å². The lowest BCUT2D eigenvalue weighted by atomic mass is 10.0. The molecule has 1 saturated heterocycles. The van der Waals surface area contributed by atoms with Gasteiger partial charge in [0.15, 0.2) is 0 Å². The lowest BCUT2D eigenvalue weighted by Gasteiger charge is -2.41. The first-order valence-corrected chi connectivity index (χ1v) is 5.22. The number of carbonyl (C=O) groups is 2. The molecule has 0 aromatic heterocycles. The van der Waals surface area contributed by atoms with Gasteiger partial charge in [-0.25, -0.2) is 4.31 Å². The minimum absolute atomic E-state index is 0.327. The number of nitrogens with zero attached hydrogens (tertiary/aromatic N) is 1. The Hall–Kier alpha value is -1.15. The van der Waals surface area contributed by atoms with Gasteiger partial charge in [0.1, 0.15) is 6.04 Å². The second-order valence-electron chi connectivity index (χ2n) is 3.03.